The highest BCUT2D eigenvalue weighted by atomic mass is 32.2. The topological polar surface area (TPSA) is 84.0 Å². The Labute approximate surface area is 190 Å². The second-order valence-corrected chi connectivity index (χ2v) is 9.58. The highest BCUT2D eigenvalue weighted by Crippen LogP contribution is 2.28. The summed E-state index contributed by atoms with van der Waals surface area (Å²) in [5.41, 5.74) is 1.36. The van der Waals surface area contributed by atoms with E-state index in [0.29, 0.717) is 44.6 Å². The molecule has 0 N–H and O–H groups in total. The number of sulfonamides is 1. The number of amides is 1. The molecule has 172 valence electrons. The Kier molecular flexibility index (Phi) is 7.90. The number of benzene rings is 2. The molecule has 1 saturated heterocycles. The van der Waals surface area contributed by atoms with Crippen molar-refractivity contribution in [3.05, 3.63) is 60.2 Å². The van der Waals surface area contributed by atoms with Gasteiger partial charge in [-0.1, -0.05) is 43.3 Å². The van der Waals surface area contributed by atoms with Crippen molar-refractivity contribution >= 4 is 27.6 Å². The molecule has 0 radical (unpaired) electrons. The SMILES string of the molecule is CCOC(=O)C1CCN(C(=O)CN(c2ccccc2CC)S(=O)(=O)c2ccccc2)CC1. The van der Waals surface area contributed by atoms with Crippen LogP contribution in [0.15, 0.2) is 59.5 Å². The van der Waals surface area contributed by atoms with E-state index in [1.807, 2.05) is 19.1 Å². The molecule has 0 atom stereocenters. The van der Waals surface area contributed by atoms with E-state index in [1.54, 1.807) is 42.2 Å². The Hall–Kier alpha value is -2.87. The van der Waals surface area contributed by atoms with Crippen molar-refractivity contribution in [2.45, 2.75) is 38.0 Å². The van der Waals surface area contributed by atoms with Crippen LogP contribution in [0.4, 0.5) is 5.69 Å². The molecule has 1 fully saturated rings. The van der Waals surface area contributed by atoms with Gasteiger partial charge in [-0.3, -0.25) is 13.9 Å². The highest BCUT2D eigenvalue weighted by molar-refractivity contribution is 7.92. The standard InChI is InChI=1S/C24H30N2O5S/c1-3-19-10-8-9-13-22(19)26(32(29,30)21-11-6-5-7-12-21)18-23(27)25-16-14-20(15-17-25)24(28)31-4-2/h5-13,20H,3-4,14-18H2,1-2H3. The zero-order valence-electron chi connectivity index (χ0n) is 18.6. The van der Waals surface area contributed by atoms with Crippen molar-refractivity contribution in [2.24, 2.45) is 5.92 Å². The highest BCUT2D eigenvalue weighted by Gasteiger charge is 2.33. The van der Waals surface area contributed by atoms with Crippen molar-refractivity contribution < 1.29 is 22.7 Å². The molecule has 0 spiro atoms. The zero-order chi connectivity index (χ0) is 23.1. The normalized spacial score (nSPS) is 14.8. The number of carbonyl (C=O) groups is 2. The van der Waals surface area contributed by atoms with Crippen molar-refractivity contribution in [3.8, 4) is 0 Å². The molecule has 0 bridgehead atoms. The fourth-order valence-electron chi connectivity index (χ4n) is 3.92. The summed E-state index contributed by atoms with van der Waals surface area (Å²) in [6.45, 7) is 4.56. The van der Waals surface area contributed by atoms with Gasteiger partial charge in [0.2, 0.25) is 5.91 Å². The maximum atomic E-state index is 13.5. The molecular formula is C24H30N2O5S. The van der Waals surface area contributed by atoms with E-state index in [0.717, 1.165) is 5.56 Å². The summed E-state index contributed by atoms with van der Waals surface area (Å²) < 4.78 is 33.4. The van der Waals surface area contributed by atoms with Gasteiger partial charge in [0, 0.05) is 13.1 Å². The van der Waals surface area contributed by atoms with Gasteiger partial charge in [0.15, 0.2) is 0 Å². The molecule has 2 aromatic carbocycles. The third-order valence-corrected chi connectivity index (χ3v) is 7.49. The van der Waals surface area contributed by atoms with Crippen LogP contribution in [0, 0.1) is 5.92 Å². The van der Waals surface area contributed by atoms with Crippen molar-refractivity contribution in [2.75, 3.05) is 30.5 Å². The molecule has 3 rings (SSSR count). The van der Waals surface area contributed by atoms with Crippen LogP contribution in [0.5, 0.6) is 0 Å². The van der Waals surface area contributed by atoms with Crippen LogP contribution < -0.4 is 4.31 Å². The summed E-state index contributed by atoms with van der Waals surface area (Å²) in [6.07, 6.45) is 1.67. The molecule has 7 nitrogen and oxygen atoms in total. The maximum absolute atomic E-state index is 13.5. The molecule has 1 amide bonds. The number of piperidine rings is 1. The van der Waals surface area contributed by atoms with E-state index < -0.39 is 10.0 Å². The summed E-state index contributed by atoms with van der Waals surface area (Å²) in [5.74, 6) is -0.730. The minimum Gasteiger partial charge on any atom is -0.466 e. The lowest BCUT2D eigenvalue weighted by Crippen LogP contribution is -2.47. The largest absolute Gasteiger partial charge is 0.466 e. The third-order valence-electron chi connectivity index (χ3n) is 5.72. The number of para-hydroxylation sites is 1. The molecule has 0 unspecified atom stereocenters. The summed E-state index contributed by atoms with van der Waals surface area (Å²) in [7, 11) is -3.94. The first-order valence-corrected chi connectivity index (χ1v) is 12.4. The number of esters is 1. The Bertz CT molecular complexity index is 1030. The quantitative estimate of drug-likeness (QED) is 0.567. The molecule has 0 saturated carbocycles. The molecule has 2 aromatic rings. The lowest BCUT2D eigenvalue weighted by Gasteiger charge is -2.33. The Balaban J connectivity index is 1.84. The molecule has 0 aliphatic carbocycles. The molecule has 32 heavy (non-hydrogen) atoms. The van der Waals surface area contributed by atoms with E-state index in [2.05, 4.69) is 0 Å². The van der Waals surface area contributed by atoms with Gasteiger partial charge in [-0.25, -0.2) is 8.42 Å². The van der Waals surface area contributed by atoms with Crippen LogP contribution in [-0.2, 0) is 30.8 Å². The van der Waals surface area contributed by atoms with Gasteiger partial charge in [-0.2, -0.15) is 0 Å². The van der Waals surface area contributed by atoms with Gasteiger partial charge in [-0.05, 0) is 49.9 Å². The smallest absolute Gasteiger partial charge is 0.309 e. The Morgan fingerprint density at radius 2 is 1.62 bits per heavy atom. The number of rotatable bonds is 8. The van der Waals surface area contributed by atoms with Crippen molar-refractivity contribution in [1.82, 2.24) is 4.90 Å². The van der Waals surface area contributed by atoms with Gasteiger partial charge >= 0.3 is 5.97 Å². The lowest BCUT2D eigenvalue weighted by atomic mass is 9.97. The second kappa shape index (κ2) is 10.6. The Morgan fingerprint density at radius 1 is 1.00 bits per heavy atom. The van der Waals surface area contributed by atoms with Crippen LogP contribution in [0.1, 0.15) is 32.3 Å². The third kappa shape index (κ3) is 5.30. The predicted molar refractivity (Wildman–Crippen MR) is 123 cm³/mol. The first-order valence-electron chi connectivity index (χ1n) is 11.0. The number of ether oxygens (including phenoxy) is 1. The molecule has 1 aliphatic rings. The fourth-order valence-corrected chi connectivity index (χ4v) is 5.39. The summed E-state index contributed by atoms with van der Waals surface area (Å²) in [5, 5.41) is 0. The monoisotopic (exact) mass is 458 g/mol. The summed E-state index contributed by atoms with van der Waals surface area (Å²) >= 11 is 0. The molecule has 1 heterocycles. The number of carbonyl (C=O) groups excluding carboxylic acids is 2. The van der Waals surface area contributed by atoms with Crippen molar-refractivity contribution in [1.29, 1.82) is 0 Å². The lowest BCUT2D eigenvalue weighted by molar-refractivity contribution is -0.151. The molecule has 0 aromatic heterocycles. The summed E-state index contributed by atoms with van der Waals surface area (Å²) in [6, 6.07) is 15.4. The molecule has 1 aliphatic heterocycles. The number of hydrogen-bond donors (Lipinski definition) is 0. The zero-order valence-corrected chi connectivity index (χ0v) is 19.4. The maximum Gasteiger partial charge on any atom is 0.309 e. The minimum atomic E-state index is -3.94. The van der Waals surface area contributed by atoms with Crippen LogP contribution in [0.25, 0.3) is 0 Å². The van der Waals surface area contributed by atoms with Gasteiger partial charge in [0.05, 0.1) is 23.1 Å². The van der Waals surface area contributed by atoms with Crippen LogP contribution in [-0.4, -0.2) is 51.4 Å². The van der Waals surface area contributed by atoms with Gasteiger partial charge in [0.1, 0.15) is 6.54 Å². The van der Waals surface area contributed by atoms with Gasteiger partial charge in [0.25, 0.3) is 10.0 Å². The summed E-state index contributed by atoms with van der Waals surface area (Å²) in [4.78, 5) is 26.9. The van der Waals surface area contributed by atoms with Gasteiger partial charge < -0.3 is 9.64 Å². The number of hydrogen-bond acceptors (Lipinski definition) is 5. The van der Waals surface area contributed by atoms with E-state index in [-0.39, 0.29) is 29.2 Å². The molecular weight excluding hydrogens is 428 g/mol. The van der Waals surface area contributed by atoms with E-state index in [4.69, 9.17) is 4.74 Å². The predicted octanol–water partition coefficient (Wildman–Crippen LogP) is 3.25. The fraction of sp³-hybridized carbons (Fsp3) is 0.417. The Morgan fingerprint density at radius 3 is 2.25 bits per heavy atom. The number of anilines is 1. The first-order chi connectivity index (χ1) is 15.4. The number of aryl methyl sites for hydroxylation is 1. The molecule has 8 heteroatoms. The minimum absolute atomic E-state index is 0.139. The average Bonchev–Trinajstić information content (AvgIpc) is 2.83. The van der Waals surface area contributed by atoms with E-state index in [1.165, 1.54) is 16.4 Å². The van der Waals surface area contributed by atoms with Crippen molar-refractivity contribution in [3.63, 3.8) is 0 Å². The van der Waals surface area contributed by atoms with E-state index >= 15 is 0 Å². The average molecular weight is 459 g/mol. The first kappa shape index (κ1) is 23.8. The van der Waals surface area contributed by atoms with Crippen LogP contribution >= 0.6 is 0 Å². The number of likely N-dealkylation sites (tertiary alicyclic amines) is 1. The van der Waals surface area contributed by atoms with E-state index in [9.17, 15) is 18.0 Å². The van der Waals surface area contributed by atoms with Crippen LogP contribution in [0.2, 0.25) is 0 Å². The van der Waals surface area contributed by atoms with Crippen LogP contribution in [0.3, 0.4) is 0 Å². The van der Waals surface area contributed by atoms with Gasteiger partial charge in [-0.15, -0.1) is 0 Å². The second-order valence-electron chi connectivity index (χ2n) is 7.71. The number of nitrogens with zero attached hydrogens (tertiary/aromatic N) is 2.